The zero-order chi connectivity index (χ0) is 21.0. The maximum absolute atomic E-state index is 13.2. The van der Waals surface area contributed by atoms with E-state index in [1.807, 2.05) is 0 Å². The van der Waals surface area contributed by atoms with Crippen LogP contribution in [0.4, 0.5) is 30.2 Å². The van der Waals surface area contributed by atoms with Gasteiger partial charge in [-0.2, -0.15) is 13.2 Å². The number of halogens is 3. The van der Waals surface area contributed by atoms with Crippen molar-refractivity contribution in [2.45, 2.75) is 6.18 Å². The number of nitro benzene ring substituents is 1. The number of nitrogen functional groups attached to an aromatic ring is 1. The number of para-hydroxylation sites is 1. The van der Waals surface area contributed by atoms with Crippen molar-refractivity contribution < 1.29 is 22.8 Å². The average molecular weight is 410 g/mol. The van der Waals surface area contributed by atoms with Gasteiger partial charge in [0, 0.05) is 38.4 Å². The molecule has 10 heteroatoms. The molecule has 2 aromatic carbocycles. The van der Waals surface area contributed by atoms with Gasteiger partial charge in [-0.05, 0) is 24.3 Å². The summed E-state index contributed by atoms with van der Waals surface area (Å²) in [5, 5.41) is 10.9. The molecule has 0 bridgehead atoms. The zero-order valence-electron chi connectivity index (χ0n) is 15.6. The van der Waals surface area contributed by atoms with Crippen molar-refractivity contribution in [2.75, 3.05) is 50.0 Å². The summed E-state index contributed by atoms with van der Waals surface area (Å²) in [4.78, 5) is 14.2. The molecular weight excluding hydrogens is 389 g/mol. The van der Waals surface area contributed by atoms with E-state index in [0.29, 0.717) is 45.1 Å². The Bertz CT molecular complexity index is 868. The van der Waals surface area contributed by atoms with E-state index >= 15 is 0 Å². The predicted molar refractivity (Wildman–Crippen MR) is 103 cm³/mol. The maximum atomic E-state index is 13.2. The predicted octanol–water partition coefficient (Wildman–Crippen LogP) is 3.40. The van der Waals surface area contributed by atoms with E-state index in [9.17, 15) is 23.3 Å². The maximum Gasteiger partial charge on any atom is 0.418 e. The molecule has 3 rings (SSSR count). The highest BCUT2D eigenvalue weighted by Gasteiger charge is 2.35. The quantitative estimate of drug-likeness (QED) is 0.446. The molecule has 1 aliphatic heterocycles. The van der Waals surface area contributed by atoms with Gasteiger partial charge in [0.25, 0.3) is 5.69 Å². The third kappa shape index (κ3) is 5.08. The lowest BCUT2D eigenvalue weighted by molar-refractivity contribution is -0.384. The summed E-state index contributed by atoms with van der Waals surface area (Å²) >= 11 is 0. The van der Waals surface area contributed by atoms with Crippen LogP contribution < -0.4 is 15.4 Å². The SMILES string of the molecule is Nc1ccc(OCCN2CCN(c3ccccc3C(F)(F)F)CC2)cc1[N+](=O)[O-]. The minimum atomic E-state index is -4.39. The third-order valence-corrected chi connectivity index (χ3v) is 4.80. The number of nitrogens with zero attached hydrogens (tertiary/aromatic N) is 3. The van der Waals surface area contributed by atoms with Gasteiger partial charge in [0.05, 0.1) is 16.6 Å². The second-order valence-electron chi connectivity index (χ2n) is 6.67. The van der Waals surface area contributed by atoms with Crippen LogP contribution in [0.2, 0.25) is 0 Å². The lowest BCUT2D eigenvalue weighted by Crippen LogP contribution is -2.48. The van der Waals surface area contributed by atoms with Gasteiger partial charge >= 0.3 is 6.18 Å². The second-order valence-corrected chi connectivity index (χ2v) is 6.67. The smallest absolute Gasteiger partial charge is 0.418 e. The molecule has 0 unspecified atom stereocenters. The largest absolute Gasteiger partial charge is 0.492 e. The van der Waals surface area contributed by atoms with E-state index in [4.69, 9.17) is 10.5 Å². The molecule has 1 fully saturated rings. The van der Waals surface area contributed by atoms with Crippen LogP contribution in [-0.2, 0) is 6.18 Å². The van der Waals surface area contributed by atoms with Gasteiger partial charge in [-0.1, -0.05) is 12.1 Å². The lowest BCUT2D eigenvalue weighted by atomic mass is 10.1. The van der Waals surface area contributed by atoms with Crippen molar-refractivity contribution in [3.05, 3.63) is 58.1 Å². The van der Waals surface area contributed by atoms with E-state index in [1.165, 1.54) is 24.3 Å². The molecular formula is C19H21F3N4O3. The van der Waals surface area contributed by atoms with E-state index in [-0.39, 0.29) is 17.1 Å². The highest BCUT2D eigenvalue weighted by atomic mass is 19.4. The third-order valence-electron chi connectivity index (χ3n) is 4.80. The molecule has 0 aromatic heterocycles. The lowest BCUT2D eigenvalue weighted by Gasteiger charge is -2.37. The first kappa shape index (κ1) is 20.7. The molecule has 0 saturated carbocycles. The van der Waals surface area contributed by atoms with E-state index in [1.54, 1.807) is 17.0 Å². The Hall–Kier alpha value is -3.01. The first-order valence-electron chi connectivity index (χ1n) is 9.06. The normalized spacial score (nSPS) is 15.3. The van der Waals surface area contributed by atoms with Crippen LogP contribution in [0.3, 0.4) is 0 Å². The fourth-order valence-electron chi connectivity index (χ4n) is 3.27. The Balaban J connectivity index is 1.51. The molecule has 2 N–H and O–H groups in total. The number of benzene rings is 2. The fourth-order valence-corrected chi connectivity index (χ4v) is 3.27. The molecule has 156 valence electrons. The van der Waals surface area contributed by atoms with Crippen LogP contribution in [0, 0.1) is 10.1 Å². The zero-order valence-corrected chi connectivity index (χ0v) is 15.6. The van der Waals surface area contributed by atoms with Crippen molar-refractivity contribution in [1.29, 1.82) is 0 Å². The van der Waals surface area contributed by atoms with Crippen molar-refractivity contribution in [3.63, 3.8) is 0 Å². The molecule has 0 spiro atoms. The Morgan fingerprint density at radius 2 is 1.79 bits per heavy atom. The standard InChI is InChI=1S/C19H21F3N4O3/c20-19(21,22)15-3-1-2-4-17(15)25-9-7-24(8-10-25)11-12-29-14-5-6-16(23)18(13-14)26(27)28/h1-6,13H,7-12,23H2. The van der Waals surface area contributed by atoms with E-state index in [2.05, 4.69) is 4.90 Å². The molecule has 1 aliphatic rings. The van der Waals surface area contributed by atoms with Crippen LogP contribution in [0.1, 0.15) is 5.56 Å². The number of nitrogens with two attached hydrogens (primary N) is 1. The fraction of sp³-hybridized carbons (Fsp3) is 0.368. The van der Waals surface area contributed by atoms with Crippen LogP contribution in [0.25, 0.3) is 0 Å². The number of hydrogen-bond acceptors (Lipinski definition) is 6. The van der Waals surface area contributed by atoms with Crippen LogP contribution in [-0.4, -0.2) is 49.2 Å². The highest BCUT2D eigenvalue weighted by molar-refractivity contribution is 5.60. The van der Waals surface area contributed by atoms with Gasteiger partial charge in [-0.15, -0.1) is 0 Å². The molecule has 0 atom stereocenters. The summed E-state index contributed by atoms with van der Waals surface area (Å²) in [5.41, 5.74) is 4.99. The van der Waals surface area contributed by atoms with Crippen LogP contribution >= 0.6 is 0 Å². The number of nitro groups is 1. The molecule has 29 heavy (non-hydrogen) atoms. The number of rotatable bonds is 6. The van der Waals surface area contributed by atoms with Crippen LogP contribution in [0.15, 0.2) is 42.5 Å². The summed E-state index contributed by atoms with van der Waals surface area (Å²) in [5.74, 6) is 0.351. The molecule has 0 aliphatic carbocycles. The molecule has 1 saturated heterocycles. The molecule has 7 nitrogen and oxygen atoms in total. The topological polar surface area (TPSA) is 84.9 Å². The number of ether oxygens (including phenoxy) is 1. The first-order chi connectivity index (χ1) is 13.8. The Kier molecular flexibility index (Phi) is 6.12. The minimum absolute atomic E-state index is 0.0672. The summed E-state index contributed by atoms with van der Waals surface area (Å²) in [7, 11) is 0. The van der Waals surface area contributed by atoms with Gasteiger partial charge in [0.1, 0.15) is 18.0 Å². The second kappa shape index (κ2) is 8.56. The van der Waals surface area contributed by atoms with Crippen LogP contribution in [0.5, 0.6) is 5.75 Å². The Morgan fingerprint density at radius 1 is 1.10 bits per heavy atom. The molecule has 1 heterocycles. The molecule has 0 amide bonds. The van der Waals surface area contributed by atoms with Crippen molar-refractivity contribution in [2.24, 2.45) is 0 Å². The van der Waals surface area contributed by atoms with Gasteiger partial charge in [-0.25, -0.2) is 0 Å². The van der Waals surface area contributed by atoms with Crippen molar-refractivity contribution in [1.82, 2.24) is 4.90 Å². The first-order valence-corrected chi connectivity index (χ1v) is 9.06. The number of anilines is 2. The molecule has 0 radical (unpaired) electrons. The Morgan fingerprint density at radius 3 is 2.45 bits per heavy atom. The van der Waals surface area contributed by atoms with E-state index in [0.717, 1.165) is 6.07 Å². The highest BCUT2D eigenvalue weighted by Crippen LogP contribution is 2.36. The number of hydrogen-bond donors (Lipinski definition) is 1. The van der Waals surface area contributed by atoms with Crippen molar-refractivity contribution >= 4 is 17.1 Å². The number of alkyl halides is 3. The van der Waals surface area contributed by atoms with Gasteiger partial charge in [0.2, 0.25) is 0 Å². The number of piperazine rings is 1. The van der Waals surface area contributed by atoms with Gasteiger partial charge in [-0.3, -0.25) is 15.0 Å². The average Bonchev–Trinajstić information content (AvgIpc) is 2.69. The summed E-state index contributed by atoms with van der Waals surface area (Å²) in [6.07, 6.45) is -4.39. The van der Waals surface area contributed by atoms with Gasteiger partial charge in [0.15, 0.2) is 0 Å². The monoisotopic (exact) mass is 410 g/mol. The summed E-state index contributed by atoms with van der Waals surface area (Å²) < 4.78 is 45.2. The Labute approximate surface area is 165 Å². The van der Waals surface area contributed by atoms with Crippen molar-refractivity contribution in [3.8, 4) is 5.75 Å². The summed E-state index contributed by atoms with van der Waals surface area (Å²) in [6.45, 7) is 3.00. The van der Waals surface area contributed by atoms with Gasteiger partial charge < -0.3 is 15.4 Å². The van der Waals surface area contributed by atoms with E-state index < -0.39 is 16.7 Å². The minimum Gasteiger partial charge on any atom is -0.492 e. The summed E-state index contributed by atoms with van der Waals surface area (Å²) in [6, 6.07) is 9.86. The molecule has 2 aromatic rings.